The number of amides is 1. The van der Waals surface area contributed by atoms with Gasteiger partial charge in [-0.2, -0.15) is 0 Å². The van der Waals surface area contributed by atoms with Crippen molar-refractivity contribution in [3.05, 3.63) is 95.3 Å². The van der Waals surface area contributed by atoms with Crippen LogP contribution in [-0.4, -0.2) is 39.0 Å². The largest absolute Gasteiger partial charge is 0.449 e. The Bertz CT molecular complexity index is 1400. The molecule has 1 atom stereocenters. The first kappa shape index (κ1) is 24.8. The molecule has 0 aliphatic carbocycles. The Kier molecular flexibility index (Phi) is 7.10. The molecule has 2 heterocycles. The minimum absolute atomic E-state index is 0.251. The number of hydrogen-bond donors (Lipinski definition) is 0. The maximum atomic E-state index is 13.9. The van der Waals surface area contributed by atoms with Gasteiger partial charge in [0.2, 0.25) is 0 Å². The second-order valence-electron chi connectivity index (χ2n) is 8.85. The molecule has 3 aromatic carbocycles. The molecular weight excluding hydrogens is 484 g/mol. The first-order chi connectivity index (χ1) is 18.0. The van der Waals surface area contributed by atoms with Crippen molar-refractivity contribution >= 4 is 35.0 Å². The molecule has 0 saturated carbocycles. The minimum atomic E-state index is -0.922. The number of carbonyl (C=O) groups excluding carboxylic acids is 2. The highest BCUT2D eigenvalue weighted by atomic mass is 32.2. The second-order valence-corrected chi connectivity index (χ2v) is 9.62. The van der Waals surface area contributed by atoms with E-state index in [-0.39, 0.29) is 5.91 Å². The van der Waals surface area contributed by atoms with E-state index >= 15 is 0 Å². The number of aryl methyl sites for hydroxylation is 3. The zero-order chi connectivity index (χ0) is 25.9. The van der Waals surface area contributed by atoms with Crippen molar-refractivity contribution in [1.29, 1.82) is 0 Å². The van der Waals surface area contributed by atoms with Gasteiger partial charge in [-0.1, -0.05) is 55.1 Å². The van der Waals surface area contributed by atoms with Gasteiger partial charge in [0.05, 0.1) is 16.9 Å². The van der Waals surface area contributed by atoms with Gasteiger partial charge in [0.1, 0.15) is 5.82 Å². The number of anilines is 2. The molecule has 0 bridgehead atoms. The Morgan fingerprint density at radius 1 is 0.919 bits per heavy atom. The van der Waals surface area contributed by atoms with E-state index in [1.807, 2.05) is 73.2 Å². The fourth-order valence-corrected chi connectivity index (χ4v) is 5.23. The molecule has 1 amide bonds. The normalized spacial score (nSPS) is 13.3. The molecule has 188 valence electrons. The van der Waals surface area contributed by atoms with Gasteiger partial charge >= 0.3 is 5.97 Å². The number of rotatable bonds is 6. The lowest BCUT2D eigenvalue weighted by atomic mass is 10.0. The molecule has 1 aromatic heterocycles. The Labute approximate surface area is 220 Å². The SMILES string of the molecule is CCC(OC(=O)c1ccc(-n2c(C)nnc2SC)cc1)C(=O)N1c2ccccc2CCc2ccccc21. The Hall–Kier alpha value is -3.91. The van der Waals surface area contributed by atoms with Gasteiger partial charge < -0.3 is 4.74 Å². The maximum Gasteiger partial charge on any atom is 0.338 e. The molecule has 0 saturated heterocycles. The molecule has 1 aliphatic heterocycles. The fraction of sp³-hybridized carbons (Fsp3) is 0.241. The third kappa shape index (κ3) is 4.76. The highest BCUT2D eigenvalue weighted by Crippen LogP contribution is 2.37. The van der Waals surface area contributed by atoms with Crippen LogP contribution in [0.5, 0.6) is 0 Å². The third-order valence-corrected chi connectivity index (χ3v) is 7.21. The van der Waals surface area contributed by atoms with Gasteiger partial charge in [-0.15, -0.1) is 10.2 Å². The third-order valence-electron chi connectivity index (χ3n) is 6.58. The van der Waals surface area contributed by atoms with Crippen LogP contribution in [0.3, 0.4) is 0 Å². The number of benzene rings is 3. The lowest BCUT2D eigenvalue weighted by molar-refractivity contribution is -0.126. The van der Waals surface area contributed by atoms with Gasteiger partial charge in [-0.05, 0) is 80.0 Å². The number of nitrogens with zero attached hydrogens (tertiary/aromatic N) is 4. The number of carbonyl (C=O) groups is 2. The van der Waals surface area contributed by atoms with E-state index in [1.165, 1.54) is 11.8 Å². The number of thioether (sulfide) groups is 1. The van der Waals surface area contributed by atoms with Crippen molar-refractivity contribution in [2.24, 2.45) is 0 Å². The van der Waals surface area contributed by atoms with Gasteiger partial charge in [0.15, 0.2) is 11.3 Å². The molecule has 1 unspecified atom stereocenters. The highest BCUT2D eigenvalue weighted by molar-refractivity contribution is 7.98. The molecule has 5 rings (SSSR count). The number of aromatic nitrogens is 3. The highest BCUT2D eigenvalue weighted by Gasteiger charge is 2.32. The van der Waals surface area contributed by atoms with Crippen LogP contribution < -0.4 is 4.90 Å². The predicted molar refractivity (Wildman–Crippen MR) is 145 cm³/mol. The van der Waals surface area contributed by atoms with Crippen LogP contribution in [0.2, 0.25) is 0 Å². The number of fused-ring (bicyclic) bond motifs is 2. The summed E-state index contributed by atoms with van der Waals surface area (Å²) in [4.78, 5) is 28.8. The van der Waals surface area contributed by atoms with Crippen LogP contribution in [-0.2, 0) is 22.4 Å². The van der Waals surface area contributed by atoms with Gasteiger partial charge in [0, 0.05) is 5.69 Å². The van der Waals surface area contributed by atoms with Gasteiger partial charge in [0.25, 0.3) is 5.91 Å². The predicted octanol–water partition coefficient (Wildman–Crippen LogP) is 5.70. The van der Waals surface area contributed by atoms with E-state index in [1.54, 1.807) is 17.0 Å². The summed E-state index contributed by atoms with van der Waals surface area (Å²) in [7, 11) is 0. The lowest BCUT2D eigenvalue weighted by Crippen LogP contribution is -2.39. The minimum Gasteiger partial charge on any atom is -0.449 e. The monoisotopic (exact) mass is 512 g/mol. The molecule has 0 radical (unpaired) electrons. The summed E-state index contributed by atoms with van der Waals surface area (Å²) < 4.78 is 7.73. The van der Waals surface area contributed by atoms with E-state index in [4.69, 9.17) is 4.74 Å². The van der Waals surface area contributed by atoms with Crippen molar-refractivity contribution in [3.8, 4) is 5.69 Å². The second kappa shape index (κ2) is 10.6. The first-order valence-corrected chi connectivity index (χ1v) is 13.5. The van der Waals surface area contributed by atoms with E-state index in [0.29, 0.717) is 12.0 Å². The fourth-order valence-electron chi connectivity index (χ4n) is 4.69. The summed E-state index contributed by atoms with van der Waals surface area (Å²) in [6.07, 6.45) is 3.05. The summed E-state index contributed by atoms with van der Waals surface area (Å²) in [5.74, 6) is -0.0259. The van der Waals surface area contributed by atoms with Gasteiger partial charge in [-0.3, -0.25) is 14.3 Å². The van der Waals surface area contributed by atoms with Crippen LogP contribution in [0.1, 0.15) is 40.7 Å². The number of esters is 1. The topological polar surface area (TPSA) is 77.3 Å². The van der Waals surface area contributed by atoms with E-state index in [0.717, 1.165) is 52.0 Å². The smallest absolute Gasteiger partial charge is 0.338 e. The van der Waals surface area contributed by atoms with Crippen molar-refractivity contribution in [3.63, 3.8) is 0 Å². The molecule has 0 N–H and O–H groups in total. The first-order valence-electron chi connectivity index (χ1n) is 12.3. The molecule has 7 nitrogen and oxygen atoms in total. The average molecular weight is 513 g/mol. The van der Waals surface area contributed by atoms with Gasteiger partial charge in [-0.25, -0.2) is 4.79 Å². The van der Waals surface area contributed by atoms with E-state index in [9.17, 15) is 9.59 Å². The molecular formula is C29H28N4O3S. The van der Waals surface area contributed by atoms with Crippen molar-refractivity contribution in [1.82, 2.24) is 14.8 Å². The van der Waals surface area contributed by atoms with E-state index < -0.39 is 12.1 Å². The standard InChI is InChI=1S/C29H28N4O3S/c1-4-26(36-28(35)22-15-17-23(18-16-22)32-19(2)30-31-29(32)37-3)27(34)33-24-11-7-5-9-20(24)13-14-21-10-6-8-12-25(21)33/h5-12,15-18,26H,4,13-14H2,1-3H3. The quantitative estimate of drug-likeness (QED) is 0.244. The van der Waals surface area contributed by atoms with Crippen LogP contribution >= 0.6 is 11.8 Å². The van der Waals surface area contributed by atoms with Crippen LogP contribution in [0.15, 0.2) is 78.0 Å². The average Bonchev–Trinajstić information content (AvgIpc) is 3.22. The summed E-state index contributed by atoms with van der Waals surface area (Å²) in [6.45, 7) is 3.73. The van der Waals surface area contributed by atoms with Crippen molar-refractivity contribution < 1.29 is 14.3 Å². The molecule has 0 spiro atoms. The Morgan fingerprint density at radius 3 is 2.08 bits per heavy atom. The zero-order valence-corrected chi connectivity index (χ0v) is 21.9. The molecule has 1 aliphatic rings. The molecule has 37 heavy (non-hydrogen) atoms. The van der Waals surface area contributed by atoms with E-state index in [2.05, 4.69) is 22.3 Å². The molecule has 0 fully saturated rings. The number of para-hydroxylation sites is 2. The Morgan fingerprint density at radius 2 is 1.51 bits per heavy atom. The number of ether oxygens (including phenoxy) is 1. The number of hydrogen-bond acceptors (Lipinski definition) is 6. The summed E-state index contributed by atoms with van der Waals surface area (Å²) in [5, 5.41) is 9.06. The van der Waals surface area contributed by atoms with Crippen molar-refractivity contribution in [2.75, 3.05) is 11.2 Å². The summed E-state index contributed by atoms with van der Waals surface area (Å²) in [5.41, 5.74) is 5.10. The zero-order valence-electron chi connectivity index (χ0n) is 21.0. The molecule has 8 heteroatoms. The van der Waals surface area contributed by atoms with Crippen LogP contribution in [0.25, 0.3) is 5.69 Å². The maximum absolute atomic E-state index is 13.9. The molecule has 4 aromatic rings. The van der Waals surface area contributed by atoms with Crippen LogP contribution in [0, 0.1) is 6.92 Å². The summed E-state index contributed by atoms with van der Waals surface area (Å²) >= 11 is 1.50. The Balaban J connectivity index is 1.41. The van der Waals surface area contributed by atoms with Crippen LogP contribution in [0.4, 0.5) is 11.4 Å². The van der Waals surface area contributed by atoms with Crippen molar-refractivity contribution in [2.45, 2.75) is 44.4 Å². The summed E-state index contributed by atoms with van der Waals surface area (Å²) in [6, 6.07) is 22.9. The lowest BCUT2D eigenvalue weighted by Gasteiger charge is -2.28.